The molecule has 0 aromatic heterocycles. The Balaban J connectivity index is 3.13. The Labute approximate surface area is 89.5 Å². The van der Waals surface area contributed by atoms with Crippen molar-refractivity contribution in [3.8, 4) is 0 Å². The number of carbonyl (C=O) groups excluding carboxylic acids is 1. The summed E-state index contributed by atoms with van der Waals surface area (Å²) >= 11 is 0. The van der Waals surface area contributed by atoms with Gasteiger partial charge in [-0.15, -0.1) is 0 Å². The molecule has 1 aliphatic heterocycles. The van der Waals surface area contributed by atoms with Gasteiger partial charge in [-0.2, -0.15) is 0 Å². The normalized spacial score (nSPS) is 20.5. The van der Waals surface area contributed by atoms with E-state index < -0.39 is 0 Å². The van der Waals surface area contributed by atoms with E-state index in [1.165, 1.54) is 0 Å². The summed E-state index contributed by atoms with van der Waals surface area (Å²) < 4.78 is 0. The van der Waals surface area contributed by atoms with Gasteiger partial charge in [0.1, 0.15) is 5.70 Å². The van der Waals surface area contributed by atoms with E-state index in [0.29, 0.717) is 19.6 Å². The van der Waals surface area contributed by atoms with Crippen LogP contribution < -0.4 is 5.73 Å². The summed E-state index contributed by atoms with van der Waals surface area (Å²) in [4.78, 5) is 15.2. The number of hydrogen-bond acceptors (Lipinski definition) is 4. The van der Waals surface area contributed by atoms with Gasteiger partial charge >= 0.3 is 0 Å². The monoisotopic (exact) mass is 211 g/mol. The van der Waals surface area contributed by atoms with E-state index >= 15 is 0 Å². The minimum absolute atomic E-state index is 0.0205. The third-order valence-corrected chi connectivity index (χ3v) is 2.48. The maximum atomic E-state index is 11.8. The smallest absolute Gasteiger partial charge is 0.273 e. The molecule has 5 nitrogen and oxygen atoms in total. The van der Waals surface area contributed by atoms with Crippen LogP contribution in [0.5, 0.6) is 0 Å². The van der Waals surface area contributed by atoms with Gasteiger partial charge in [-0.05, 0) is 6.92 Å². The van der Waals surface area contributed by atoms with E-state index in [2.05, 4.69) is 6.58 Å². The molecular weight excluding hydrogens is 194 g/mol. The van der Waals surface area contributed by atoms with Crippen molar-refractivity contribution < 1.29 is 9.90 Å². The van der Waals surface area contributed by atoms with Crippen LogP contribution in [0, 0.1) is 0 Å². The standard InChI is InChI=1S/C10H17N3O2/c1-4-13-6-5-12(3)10(15)8(13)9(14)7(2)11/h14H,2,4-6,11H2,1,3H3/b9-8+. The van der Waals surface area contributed by atoms with Crippen LogP contribution in [0.2, 0.25) is 0 Å². The second-order valence-corrected chi connectivity index (χ2v) is 3.53. The van der Waals surface area contributed by atoms with Crippen molar-refractivity contribution in [2.75, 3.05) is 26.7 Å². The van der Waals surface area contributed by atoms with Gasteiger partial charge in [0.05, 0.1) is 5.70 Å². The molecule has 1 saturated heterocycles. The van der Waals surface area contributed by atoms with Crippen LogP contribution in [0.15, 0.2) is 23.7 Å². The van der Waals surface area contributed by atoms with Gasteiger partial charge in [-0.25, -0.2) is 0 Å². The summed E-state index contributed by atoms with van der Waals surface area (Å²) in [7, 11) is 1.70. The van der Waals surface area contributed by atoms with E-state index in [1.54, 1.807) is 16.8 Å². The van der Waals surface area contributed by atoms with Gasteiger partial charge in [0.15, 0.2) is 5.76 Å². The second kappa shape index (κ2) is 4.25. The average molecular weight is 211 g/mol. The molecule has 84 valence electrons. The molecule has 0 unspecified atom stereocenters. The molecule has 0 bridgehead atoms. The zero-order valence-electron chi connectivity index (χ0n) is 9.16. The summed E-state index contributed by atoms with van der Waals surface area (Å²) in [5, 5.41) is 9.71. The number of nitrogens with two attached hydrogens (primary N) is 1. The van der Waals surface area contributed by atoms with Gasteiger partial charge in [-0.1, -0.05) is 6.58 Å². The molecule has 0 saturated carbocycles. The molecule has 15 heavy (non-hydrogen) atoms. The quantitative estimate of drug-likeness (QED) is 0.499. The first-order chi connectivity index (χ1) is 6.99. The van der Waals surface area contributed by atoms with E-state index in [-0.39, 0.29) is 23.1 Å². The number of carbonyl (C=O) groups is 1. The van der Waals surface area contributed by atoms with E-state index in [9.17, 15) is 9.90 Å². The molecule has 5 heteroatoms. The van der Waals surface area contributed by atoms with Crippen molar-refractivity contribution in [1.82, 2.24) is 9.80 Å². The number of aliphatic hydroxyl groups excluding tert-OH is 1. The largest absolute Gasteiger partial charge is 0.504 e. The minimum atomic E-state index is -0.216. The number of nitrogens with zero attached hydrogens (tertiary/aromatic N) is 2. The Hall–Kier alpha value is -1.65. The number of rotatable bonds is 2. The molecule has 1 heterocycles. The molecule has 0 atom stereocenters. The zero-order valence-corrected chi connectivity index (χ0v) is 9.16. The van der Waals surface area contributed by atoms with Crippen LogP contribution in [-0.4, -0.2) is 47.5 Å². The van der Waals surface area contributed by atoms with Gasteiger partial charge in [-0.3, -0.25) is 4.79 Å². The highest BCUT2D eigenvalue weighted by Crippen LogP contribution is 2.18. The van der Waals surface area contributed by atoms with Crippen LogP contribution in [0.1, 0.15) is 6.92 Å². The highest BCUT2D eigenvalue weighted by molar-refractivity contribution is 5.94. The number of amides is 1. The second-order valence-electron chi connectivity index (χ2n) is 3.53. The highest BCUT2D eigenvalue weighted by Gasteiger charge is 2.29. The van der Waals surface area contributed by atoms with Gasteiger partial charge < -0.3 is 20.6 Å². The molecule has 1 aliphatic rings. The Morgan fingerprint density at radius 2 is 2.20 bits per heavy atom. The molecule has 0 spiro atoms. The highest BCUT2D eigenvalue weighted by atomic mass is 16.3. The summed E-state index contributed by atoms with van der Waals surface area (Å²) in [5.74, 6) is -0.430. The van der Waals surface area contributed by atoms with Crippen molar-refractivity contribution in [2.45, 2.75) is 6.92 Å². The van der Waals surface area contributed by atoms with E-state index in [0.717, 1.165) is 0 Å². The Morgan fingerprint density at radius 1 is 1.60 bits per heavy atom. The van der Waals surface area contributed by atoms with Crippen LogP contribution in [0.3, 0.4) is 0 Å². The lowest BCUT2D eigenvalue weighted by molar-refractivity contribution is -0.130. The fraction of sp³-hybridized carbons (Fsp3) is 0.500. The molecule has 3 N–H and O–H groups in total. The first-order valence-corrected chi connectivity index (χ1v) is 4.87. The van der Waals surface area contributed by atoms with E-state index in [1.807, 2.05) is 6.92 Å². The summed E-state index contributed by atoms with van der Waals surface area (Å²) in [6.07, 6.45) is 0. The maximum absolute atomic E-state index is 11.8. The Bertz CT molecular complexity index is 323. The van der Waals surface area contributed by atoms with Gasteiger partial charge in [0, 0.05) is 26.7 Å². The Kier molecular flexibility index (Phi) is 3.24. The lowest BCUT2D eigenvalue weighted by Crippen LogP contribution is -2.47. The topological polar surface area (TPSA) is 69.8 Å². The van der Waals surface area contributed by atoms with Crippen molar-refractivity contribution in [1.29, 1.82) is 0 Å². The molecule has 0 aliphatic carbocycles. The first-order valence-electron chi connectivity index (χ1n) is 4.87. The number of aliphatic hydroxyl groups is 1. The summed E-state index contributed by atoms with van der Waals surface area (Å²) in [5.41, 5.74) is 5.66. The van der Waals surface area contributed by atoms with Crippen LogP contribution in [0.4, 0.5) is 0 Å². The predicted octanol–water partition coefficient (Wildman–Crippen LogP) is 0.0223. The Morgan fingerprint density at radius 3 is 2.67 bits per heavy atom. The van der Waals surface area contributed by atoms with Crippen molar-refractivity contribution >= 4 is 5.91 Å². The summed E-state index contributed by atoms with van der Waals surface area (Å²) in [6.45, 7) is 7.36. The maximum Gasteiger partial charge on any atom is 0.273 e. The SMILES string of the molecule is C=C(N)/C(O)=C1/C(=O)N(C)CCN1CC. The third kappa shape index (κ3) is 2.06. The minimum Gasteiger partial charge on any atom is -0.504 e. The van der Waals surface area contributed by atoms with Gasteiger partial charge in [0.2, 0.25) is 0 Å². The fourth-order valence-corrected chi connectivity index (χ4v) is 1.52. The molecule has 0 aromatic carbocycles. The van der Waals surface area contributed by atoms with Crippen LogP contribution in [0.25, 0.3) is 0 Å². The molecule has 1 fully saturated rings. The van der Waals surface area contributed by atoms with Crippen LogP contribution >= 0.6 is 0 Å². The molecule has 1 rings (SSSR count). The average Bonchev–Trinajstić information content (AvgIpc) is 2.20. The third-order valence-electron chi connectivity index (χ3n) is 2.48. The fourth-order valence-electron chi connectivity index (χ4n) is 1.52. The van der Waals surface area contributed by atoms with Crippen LogP contribution in [-0.2, 0) is 4.79 Å². The molecule has 1 amide bonds. The van der Waals surface area contributed by atoms with Gasteiger partial charge in [0.25, 0.3) is 5.91 Å². The molecular formula is C10H17N3O2. The van der Waals surface area contributed by atoms with Crippen molar-refractivity contribution in [3.05, 3.63) is 23.7 Å². The predicted molar refractivity (Wildman–Crippen MR) is 57.9 cm³/mol. The van der Waals surface area contributed by atoms with E-state index in [4.69, 9.17) is 5.73 Å². The zero-order chi connectivity index (χ0) is 11.6. The number of hydrogen-bond donors (Lipinski definition) is 2. The number of piperazine rings is 1. The lowest BCUT2D eigenvalue weighted by Gasteiger charge is -2.35. The first kappa shape index (κ1) is 11.4. The van der Waals surface area contributed by atoms with Crippen molar-refractivity contribution in [2.24, 2.45) is 5.73 Å². The molecule has 0 aromatic rings. The summed E-state index contributed by atoms with van der Waals surface area (Å²) in [6, 6.07) is 0. The lowest BCUT2D eigenvalue weighted by atomic mass is 10.2. The number of likely N-dealkylation sites (N-methyl/N-ethyl adjacent to an activating group) is 2. The molecule has 0 radical (unpaired) electrons. The van der Waals surface area contributed by atoms with Crippen molar-refractivity contribution in [3.63, 3.8) is 0 Å².